The number of hydrogen-bond donors (Lipinski definition) is 1. The summed E-state index contributed by atoms with van der Waals surface area (Å²) < 4.78 is 4.92. The molecule has 0 aliphatic carbocycles. The Kier molecular flexibility index (Phi) is 4.21. The minimum absolute atomic E-state index is 0.762. The van der Waals surface area contributed by atoms with Crippen molar-refractivity contribution in [3.63, 3.8) is 0 Å². The molecule has 68 valence electrons. The van der Waals surface area contributed by atoms with Crippen molar-refractivity contribution in [3.05, 3.63) is 16.1 Å². The van der Waals surface area contributed by atoms with Crippen molar-refractivity contribution in [2.45, 2.75) is 13.5 Å². The van der Waals surface area contributed by atoms with Gasteiger partial charge in [0.2, 0.25) is 0 Å². The third kappa shape index (κ3) is 2.89. The average molecular weight is 186 g/mol. The predicted molar refractivity (Wildman–Crippen MR) is 50.4 cm³/mol. The lowest BCUT2D eigenvalue weighted by atomic mass is 10.4. The van der Waals surface area contributed by atoms with Crippen LogP contribution < -0.4 is 5.32 Å². The fraction of sp³-hybridized carbons (Fsp3) is 0.625. The molecule has 0 saturated carbocycles. The van der Waals surface area contributed by atoms with E-state index >= 15 is 0 Å². The van der Waals surface area contributed by atoms with E-state index in [0.717, 1.165) is 25.4 Å². The molecule has 12 heavy (non-hydrogen) atoms. The molecule has 0 aliphatic heterocycles. The smallest absolute Gasteiger partial charge is 0.0798 e. The standard InChI is InChI=1S/C8H14N2OS/c1-7-8(12-6-10-7)5-9-3-4-11-2/h6,9H,3-5H2,1-2H3. The van der Waals surface area contributed by atoms with Gasteiger partial charge in [0.05, 0.1) is 17.8 Å². The maximum Gasteiger partial charge on any atom is 0.0798 e. The molecular formula is C8H14N2OS. The Morgan fingerprint density at radius 2 is 2.50 bits per heavy atom. The summed E-state index contributed by atoms with van der Waals surface area (Å²) in [5.74, 6) is 0. The maximum absolute atomic E-state index is 4.92. The lowest BCUT2D eigenvalue weighted by molar-refractivity contribution is 0.199. The Bertz CT molecular complexity index is 225. The van der Waals surface area contributed by atoms with Crippen LogP contribution >= 0.6 is 11.3 Å². The van der Waals surface area contributed by atoms with Gasteiger partial charge in [-0.3, -0.25) is 0 Å². The van der Waals surface area contributed by atoms with Gasteiger partial charge in [-0.1, -0.05) is 0 Å². The molecule has 1 aromatic heterocycles. The molecule has 1 rings (SSSR count). The summed E-state index contributed by atoms with van der Waals surface area (Å²) in [6.45, 7) is 4.59. The first-order valence-electron chi connectivity index (χ1n) is 3.93. The van der Waals surface area contributed by atoms with E-state index in [1.54, 1.807) is 18.4 Å². The Labute approximate surface area is 76.8 Å². The fourth-order valence-electron chi connectivity index (χ4n) is 0.872. The highest BCUT2D eigenvalue weighted by molar-refractivity contribution is 7.09. The van der Waals surface area contributed by atoms with Crippen molar-refractivity contribution < 1.29 is 4.74 Å². The molecule has 0 radical (unpaired) electrons. The number of thiazole rings is 1. The van der Waals surface area contributed by atoms with Crippen LogP contribution in [0.4, 0.5) is 0 Å². The summed E-state index contributed by atoms with van der Waals surface area (Å²) in [5.41, 5.74) is 3.01. The minimum atomic E-state index is 0.762. The first kappa shape index (κ1) is 9.64. The van der Waals surface area contributed by atoms with Gasteiger partial charge < -0.3 is 10.1 Å². The highest BCUT2D eigenvalue weighted by Gasteiger charge is 1.98. The van der Waals surface area contributed by atoms with Crippen LogP contribution in [0.25, 0.3) is 0 Å². The first-order chi connectivity index (χ1) is 5.84. The summed E-state index contributed by atoms with van der Waals surface area (Å²) in [7, 11) is 1.71. The third-order valence-corrected chi connectivity index (χ3v) is 2.55. The van der Waals surface area contributed by atoms with E-state index < -0.39 is 0 Å². The normalized spacial score (nSPS) is 10.5. The number of rotatable bonds is 5. The van der Waals surface area contributed by atoms with Gasteiger partial charge in [0.25, 0.3) is 0 Å². The monoisotopic (exact) mass is 186 g/mol. The van der Waals surface area contributed by atoms with E-state index in [9.17, 15) is 0 Å². The molecule has 0 aromatic carbocycles. The van der Waals surface area contributed by atoms with Crippen LogP contribution in [0.5, 0.6) is 0 Å². The Hall–Kier alpha value is -0.450. The van der Waals surface area contributed by atoms with E-state index in [1.165, 1.54) is 4.88 Å². The molecule has 1 heterocycles. The van der Waals surface area contributed by atoms with Gasteiger partial charge in [-0.2, -0.15) is 0 Å². The topological polar surface area (TPSA) is 34.1 Å². The number of aryl methyl sites for hydroxylation is 1. The second-order valence-electron chi connectivity index (χ2n) is 2.53. The highest BCUT2D eigenvalue weighted by Crippen LogP contribution is 2.10. The van der Waals surface area contributed by atoms with Gasteiger partial charge >= 0.3 is 0 Å². The zero-order valence-corrected chi connectivity index (χ0v) is 8.28. The summed E-state index contributed by atoms with van der Waals surface area (Å²) in [6.07, 6.45) is 0. The van der Waals surface area contributed by atoms with Gasteiger partial charge in [-0.25, -0.2) is 4.98 Å². The molecule has 0 bridgehead atoms. The van der Waals surface area contributed by atoms with Crippen molar-refractivity contribution in [1.29, 1.82) is 0 Å². The predicted octanol–water partition coefficient (Wildman–Crippen LogP) is 1.19. The molecule has 4 heteroatoms. The average Bonchev–Trinajstić information content (AvgIpc) is 2.46. The molecule has 1 aromatic rings. The van der Waals surface area contributed by atoms with Gasteiger partial charge in [0.1, 0.15) is 0 Å². The molecule has 0 saturated heterocycles. The molecule has 0 unspecified atom stereocenters. The highest BCUT2D eigenvalue weighted by atomic mass is 32.1. The zero-order chi connectivity index (χ0) is 8.81. The quantitative estimate of drug-likeness (QED) is 0.701. The van der Waals surface area contributed by atoms with Crippen molar-refractivity contribution in [2.24, 2.45) is 0 Å². The second-order valence-corrected chi connectivity index (χ2v) is 3.47. The lowest BCUT2D eigenvalue weighted by Gasteiger charge is -2.01. The number of aromatic nitrogens is 1. The molecule has 0 amide bonds. The van der Waals surface area contributed by atoms with Crippen molar-refractivity contribution >= 4 is 11.3 Å². The van der Waals surface area contributed by atoms with Crippen molar-refractivity contribution in [1.82, 2.24) is 10.3 Å². The Morgan fingerprint density at radius 3 is 3.08 bits per heavy atom. The SMILES string of the molecule is COCCNCc1scnc1C. The number of nitrogens with zero attached hydrogens (tertiary/aromatic N) is 1. The zero-order valence-electron chi connectivity index (χ0n) is 7.46. The van der Waals surface area contributed by atoms with Crippen molar-refractivity contribution in [2.75, 3.05) is 20.3 Å². The Morgan fingerprint density at radius 1 is 1.67 bits per heavy atom. The van der Waals surface area contributed by atoms with Crippen LogP contribution in [0.2, 0.25) is 0 Å². The molecule has 1 N–H and O–H groups in total. The minimum Gasteiger partial charge on any atom is -0.383 e. The summed E-state index contributed by atoms with van der Waals surface area (Å²) in [4.78, 5) is 5.47. The van der Waals surface area contributed by atoms with Gasteiger partial charge in [0.15, 0.2) is 0 Å². The first-order valence-corrected chi connectivity index (χ1v) is 4.81. The van der Waals surface area contributed by atoms with Crippen LogP contribution in [0.15, 0.2) is 5.51 Å². The Balaban J connectivity index is 2.20. The van der Waals surface area contributed by atoms with Gasteiger partial charge in [-0.05, 0) is 6.92 Å². The number of methoxy groups -OCH3 is 1. The third-order valence-electron chi connectivity index (χ3n) is 1.61. The molecule has 0 aliphatic rings. The van der Waals surface area contributed by atoms with E-state index in [4.69, 9.17) is 4.74 Å². The maximum atomic E-state index is 4.92. The van der Waals surface area contributed by atoms with Crippen LogP contribution in [0.1, 0.15) is 10.6 Å². The lowest BCUT2D eigenvalue weighted by Crippen LogP contribution is -2.18. The van der Waals surface area contributed by atoms with Crippen LogP contribution in [-0.4, -0.2) is 25.2 Å². The summed E-state index contributed by atoms with van der Waals surface area (Å²) >= 11 is 1.69. The number of hydrogen-bond acceptors (Lipinski definition) is 4. The number of nitrogens with one attached hydrogen (secondary N) is 1. The number of ether oxygens (including phenoxy) is 1. The largest absolute Gasteiger partial charge is 0.383 e. The van der Waals surface area contributed by atoms with E-state index in [2.05, 4.69) is 10.3 Å². The molecular weight excluding hydrogens is 172 g/mol. The molecule has 0 atom stereocenters. The molecule has 3 nitrogen and oxygen atoms in total. The summed E-state index contributed by atoms with van der Waals surface area (Å²) in [6, 6.07) is 0. The molecule has 0 fully saturated rings. The van der Waals surface area contributed by atoms with E-state index in [-0.39, 0.29) is 0 Å². The fourth-order valence-corrected chi connectivity index (χ4v) is 1.62. The van der Waals surface area contributed by atoms with Crippen molar-refractivity contribution in [3.8, 4) is 0 Å². The van der Waals surface area contributed by atoms with Crippen LogP contribution in [0, 0.1) is 6.92 Å². The summed E-state index contributed by atoms with van der Waals surface area (Å²) in [5, 5.41) is 3.27. The van der Waals surface area contributed by atoms with Crippen LogP contribution in [-0.2, 0) is 11.3 Å². The van der Waals surface area contributed by atoms with Gasteiger partial charge in [0, 0.05) is 25.1 Å². The van der Waals surface area contributed by atoms with Gasteiger partial charge in [-0.15, -0.1) is 11.3 Å². The van der Waals surface area contributed by atoms with E-state index in [0.29, 0.717) is 0 Å². The molecule has 0 spiro atoms. The van der Waals surface area contributed by atoms with Crippen LogP contribution in [0.3, 0.4) is 0 Å². The van der Waals surface area contributed by atoms with E-state index in [1.807, 2.05) is 12.4 Å². The second kappa shape index (κ2) is 5.24.